The predicted molar refractivity (Wildman–Crippen MR) is 37.4 cm³/mol. The minimum atomic E-state index is 0.706. The number of nitrogens with zero attached hydrogens (tertiary/aromatic N) is 1. The molecular formula is C7H11N2O+. The quantitative estimate of drug-likeness (QED) is 0.618. The lowest BCUT2D eigenvalue weighted by Crippen LogP contribution is -2.47. The molecule has 0 aliphatic heterocycles. The van der Waals surface area contributed by atoms with Crippen molar-refractivity contribution in [3.63, 3.8) is 0 Å². The third kappa shape index (κ3) is 1.45. The fourth-order valence-electron chi connectivity index (χ4n) is 0.720. The van der Waals surface area contributed by atoms with Crippen LogP contribution in [0.25, 0.3) is 0 Å². The monoisotopic (exact) mass is 139 g/mol. The van der Waals surface area contributed by atoms with E-state index < -0.39 is 0 Å². The van der Waals surface area contributed by atoms with Gasteiger partial charge in [-0.1, -0.05) is 0 Å². The van der Waals surface area contributed by atoms with Gasteiger partial charge in [0, 0.05) is 12.3 Å². The van der Waals surface area contributed by atoms with Crippen LogP contribution in [0.2, 0.25) is 0 Å². The number of hydrogen-bond donors (Lipinski definition) is 1. The highest BCUT2D eigenvalue weighted by Gasteiger charge is 1.94. The zero-order valence-corrected chi connectivity index (χ0v) is 6.00. The van der Waals surface area contributed by atoms with E-state index in [-0.39, 0.29) is 0 Å². The van der Waals surface area contributed by atoms with Gasteiger partial charge >= 0.3 is 0 Å². The summed E-state index contributed by atoms with van der Waals surface area (Å²) in [4.78, 5) is 4.06. The number of rotatable bonds is 2. The zero-order valence-electron chi connectivity index (χ0n) is 6.00. The number of pyridine rings is 1. The Hall–Kier alpha value is -1.09. The van der Waals surface area contributed by atoms with Gasteiger partial charge in [-0.2, -0.15) is 0 Å². The Kier molecular flexibility index (Phi) is 2.23. The van der Waals surface area contributed by atoms with Gasteiger partial charge < -0.3 is 10.5 Å². The second-order valence-electron chi connectivity index (χ2n) is 1.94. The van der Waals surface area contributed by atoms with Crippen molar-refractivity contribution in [3.8, 4) is 5.75 Å². The molecule has 1 rings (SSSR count). The second-order valence-corrected chi connectivity index (χ2v) is 1.94. The second kappa shape index (κ2) is 3.17. The maximum absolute atomic E-state index is 4.99. The molecule has 0 atom stereocenters. The van der Waals surface area contributed by atoms with Crippen molar-refractivity contribution in [2.75, 3.05) is 7.11 Å². The summed E-state index contributed by atoms with van der Waals surface area (Å²) in [6.07, 6.45) is 1.72. The summed E-state index contributed by atoms with van der Waals surface area (Å²) >= 11 is 0. The first kappa shape index (κ1) is 7.02. The number of quaternary nitrogens is 1. The minimum Gasteiger partial charge on any atom is -0.497 e. The van der Waals surface area contributed by atoms with Gasteiger partial charge in [0.1, 0.15) is 12.3 Å². The normalized spacial score (nSPS) is 9.40. The van der Waals surface area contributed by atoms with Gasteiger partial charge in [-0.25, -0.2) is 0 Å². The van der Waals surface area contributed by atoms with E-state index in [9.17, 15) is 0 Å². The largest absolute Gasteiger partial charge is 0.497 e. The average Bonchev–Trinajstić information content (AvgIpc) is 2.05. The number of methoxy groups -OCH3 is 1. The zero-order chi connectivity index (χ0) is 7.40. The Bertz CT molecular complexity index is 193. The maximum atomic E-state index is 4.99. The summed E-state index contributed by atoms with van der Waals surface area (Å²) in [7, 11) is 1.64. The Morgan fingerprint density at radius 3 is 3.10 bits per heavy atom. The molecule has 1 aromatic heterocycles. The lowest BCUT2D eigenvalue weighted by molar-refractivity contribution is -0.387. The standard InChI is InChI=1S/C7H10N2O/c1-10-7-2-3-9-6(4-7)5-8/h2-4H,5,8H2,1H3/p+1. The van der Waals surface area contributed by atoms with E-state index in [4.69, 9.17) is 4.74 Å². The number of ether oxygens (including phenoxy) is 1. The summed E-state index contributed by atoms with van der Waals surface area (Å²) < 4.78 is 4.99. The van der Waals surface area contributed by atoms with Crippen LogP contribution in [-0.4, -0.2) is 12.1 Å². The molecule has 10 heavy (non-hydrogen) atoms. The molecular weight excluding hydrogens is 128 g/mol. The first-order chi connectivity index (χ1) is 4.86. The van der Waals surface area contributed by atoms with Gasteiger partial charge in [0.2, 0.25) is 0 Å². The van der Waals surface area contributed by atoms with E-state index in [2.05, 4.69) is 10.7 Å². The first-order valence-corrected chi connectivity index (χ1v) is 3.15. The van der Waals surface area contributed by atoms with Crippen LogP contribution in [0.5, 0.6) is 5.75 Å². The van der Waals surface area contributed by atoms with Gasteiger partial charge in [0.05, 0.1) is 12.8 Å². The van der Waals surface area contributed by atoms with Crippen molar-refractivity contribution in [1.29, 1.82) is 0 Å². The van der Waals surface area contributed by atoms with Crippen molar-refractivity contribution < 1.29 is 10.5 Å². The molecule has 0 radical (unpaired) electrons. The molecule has 0 spiro atoms. The molecule has 0 saturated heterocycles. The topological polar surface area (TPSA) is 49.8 Å². The van der Waals surface area contributed by atoms with Crippen LogP contribution in [0.4, 0.5) is 0 Å². The van der Waals surface area contributed by atoms with E-state index in [1.807, 2.05) is 12.1 Å². The van der Waals surface area contributed by atoms with Crippen molar-refractivity contribution in [3.05, 3.63) is 24.0 Å². The van der Waals surface area contributed by atoms with Crippen molar-refractivity contribution in [1.82, 2.24) is 4.98 Å². The van der Waals surface area contributed by atoms with E-state index >= 15 is 0 Å². The molecule has 3 N–H and O–H groups in total. The summed E-state index contributed by atoms with van der Waals surface area (Å²) in [5.74, 6) is 0.841. The molecule has 1 aromatic rings. The third-order valence-electron chi connectivity index (χ3n) is 1.28. The SMILES string of the molecule is COc1ccnc(C[NH3+])c1. The van der Waals surface area contributed by atoms with E-state index in [1.54, 1.807) is 13.3 Å². The number of aromatic nitrogens is 1. The third-order valence-corrected chi connectivity index (χ3v) is 1.28. The van der Waals surface area contributed by atoms with Crippen LogP contribution in [0, 0.1) is 0 Å². The Labute approximate surface area is 59.8 Å². The lowest BCUT2D eigenvalue weighted by atomic mass is 10.3. The van der Waals surface area contributed by atoms with E-state index in [1.165, 1.54) is 0 Å². The summed E-state index contributed by atoms with van der Waals surface area (Å²) in [5, 5.41) is 0. The van der Waals surface area contributed by atoms with E-state index in [0.29, 0.717) is 6.54 Å². The van der Waals surface area contributed by atoms with Crippen LogP contribution in [0.3, 0.4) is 0 Å². The average molecular weight is 139 g/mol. The van der Waals surface area contributed by atoms with Crippen LogP contribution in [-0.2, 0) is 6.54 Å². The molecule has 0 unspecified atom stereocenters. The molecule has 0 amide bonds. The molecule has 54 valence electrons. The van der Waals surface area contributed by atoms with Gasteiger partial charge in [-0.05, 0) is 6.07 Å². The molecule has 3 nitrogen and oxygen atoms in total. The summed E-state index contributed by atoms with van der Waals surface area (Å²) in [6.45, 7) is 0.706. The lowest BCUT2D eigenvalue weighted by Gasteiger charge is -1.98. The van der Waals surface area contributed by atoms with Gasteiger partial charge in [0.25, 0.3) is 0 Å². The smallest absolute Gasteiger partial charge is 0.122 e. The van der Waals surface area contributed by atoms with Crippen LogP contribution < -0.4 is 10.5 Å². The Balaban J connectivity index is 2.87. The first-order valence-electron chi connectivity index (χ1n) is 3.15. The molecule has 0 bridgehead atoms. The highest BCUT2D eigenvalue weighted by molar-refractivity contribution is 5.21. The molecule has 0 aliphatic carbocycles. The van der Waals surface area contributed by atoms with Crippen LogP contribution in [0.1, 0.15) is 5.69 Å². The summed E-state index contributed by atoms with van der Waals surface area (Å²) in [6, 6.07) is 3.70. The molecule has 0 fully saturated rings. The Morgan fingerprint density at radius 2 is 2.50 bits per heavy atom. The Morgan fingerprint density at radius 1 is 1.70 bits per heavy atom. The fraction of sp³-hybridized carbons (Fsp3) is 0.286. The molecule has 3 heteroatoms. The van der Waals surface area contributed by atoms with Crippen molar-refractivity contribution in [2.45, 2.75) is 6.54 Å². The molecule has 0 aliphatic rings. The van der Waals surface area contributed by atoms with Gasteiger partial charge in [-0.15, -0.1) is 0 Å². The molecule has 0 aromatic carbocycles. The molecule has 1 heterocycles. The fourth-order valence-corrected chi connectivity index (χ4v) is 0.720. The van der Waals surface area contributed by atoms with Crippen molar-refractivity contribution >= 4 is 0 Å². The highest BCUT2D eigenvalue weighted by atomic mass is 16.5. The number of hydrogen-bond acceptors (Lipinski definition) is 2. The van der Waals surface area contributed by atoms with Gasteiger partial charge in [0.15, 0.2) is 0 Å². The maximum Gasteiger partial charge on any atom is 0.122 e. The summed E-state index contributed by atoms with van der Waals surface area (Å²) in [5.41, 5.74) is 4.67. The van der Waals surface area contributed by atoms with Gasteiger partial charge in [-0.3, -0.25) is 4.98 Å². The minimum absolute atomic E-state index is 0.706. The predicted octanol–water partition coefficient (Wildman–Crippen LogP) is -0.168. The van der Waals surface area contributed by atoms with Crippen LogP contribution in [0.15, 0.2) is 18.3 Å². The van der Waals surface area contributed by atoms with E-state index in [0.717, 1.165) is 11.4 Å². The highest BCUT2D eigenvalue weighted by Crippen LogP contribution is 2.08. The van der Waals surface area contributed by atoms with Crippen LogP contribution >= 0.6 is 0 Å². The van der Waals surface area contributed by atoms with Crippen molar-refractivity contribution in [2.24, 2.45) is 0 Å². The molecule has 0 saturated carbocycles.